The van der Waals surface area contributed by atoms with Gasteiger partial charge >= 0.3 is 0 Å². The summed E-state index contributed by atoms with van der Waals surface area (Å²) in [6.07, 6.45) is 1.60. The molecule has 0 N–H and O–H groups in total. The van der Waals surface area contributed by atoms with Gasteiger partial charge in [-0.2, -0.15) is 0 Å². The molecule has 0 aromatic carbocycles. The van der Waals surface area contributed by atoms with Gasteiger partial charge in [0.15, 0.2) is 0 Å². The van der Waals surface area contributed by atoms with Crippen LogP contribution in [0.5, 0.6) is 0 Å². The van der Waals surface area contributed by atoms with Crippen molar-refractivity contribution in [3.05, 3.63) is 0 Å². The predicted octanol–water partition coefficient (Wildman–Crippen LogP) is 2.46. The van der Waals surface area contributed by atoms with Crippen LogP contribution >= 0.6 is 0 Å². The Balaban J connectivity index is 2.40. The van der Waals surface area contributed by atoms with Gasteiger partial charge in [0.25, 0.3) is 0 Å². The molecule has 72 valence electrons. The Hall–Kier alpha value is -0.110. The van der Waals surface area contributed by atoms with Crippen molar-refractivity contribution < 1.29 is 4.39 Å². The van der Waals surface area contributed by atoms with Crippen LogP contribution in [0.25, 0.3) is 0 Å². The number of hydrogen-bond acceptors (Lipinski definition) is 1. The summed E-state index contributed by atoms with van der Waals surface area (Å²) in [6.45, 7) is 8.17. The highest BCUT2D eigenvalue weighted by atomic mass is 19.1. The molecule has 2 atom stereocenters. The molecule has 0 aliphatic carbocycles. The Bertz CT molecular complexity index is 120. The largest absolute Gasteiger partial charge is 0.301 e. The lowest BCUT2D eigenvalue weighted by Crippen LogP contribution is -2.42. The lowest BCUT2D eigenvalue weighted by atomic mass is 9.93. The van der Waals surface area contributed by atoms with Gasteiger partial charge in [-0.05, 0) is 40.2 Å². The molecule has 1 fully saturated rings. The van der Waals surface area contributed by atoms with E-state index in [1.165, 1.54) is 0 Å². The van der Waals surface area contributed by atoms with Gasteiger partial charge in [0.2, 0.25) is 0 Å². The van der Waals surface area contributed by atoms with Crippen molar-refractivity contribution in [1.29, 1.82) is 0 Å². The monoisotopic (exact) mass is 173 g/mol. The van der Waals surface area contributed by atoms with Crippen molar-refractivity contribution in [2.45, 2.75) is 45.8 Å². The molecule has 1 heterocycles. The van der Waals surface area contributed by atoms with Crippen molar-refractivity contribution in [3.63, 3.8) is 0 Å². The fourth-order valence-corrected chi connectivity index (χ4v) is 1.88. The van der Waals surface area contributed by atoms with E-state index in [1.807, 2.05) is 0 Å². The first-order chi connectivity index (χ1) is 5.61. The van der Waals surface area contributed by atoms with E-state index in [0.29, 0.717) is 6.04 Å². The van der Waals surface area contributed by atoms with Crippen LogP contribution in [0.3, 0.4) is 0 Å². The second-order valence-electron chi connectivity index (χ2n) is 4.17. The zero-order valence-corrected chi connectivity index (χ0v) is 8.39. The molecule has 0 saturated carbocycles. The predicted molar refractivity (Wildman–Crippen MR) is 50.0 cm³/mol. The third-order valence-electron chi connectivity index (χ3n) is 2.87. The zero-order valence-electron chi connectivity index (χ0n) is 8.39. The maximum Gasteiger partial charge on any atom is 0.101 e. The summed E-state index contributed by atoms with van der Waals surface area (Å²) >= 11 is 0. The normalized spacial score (nSPS) is 29.2. The molecular weight excluding hydrogens is 153 g/mol. The van der Waals surface area contributed by atoms with Crippen molar-refractivity contribution in [3.8, 4) is 0 Å². The molecule has 0 bridgehead atoms. The molecule has 0 amide bonds. The van der Waals surface area contributed by atoms with E-state index in [1.54, 1.807) is 6.92 Å². The SMILES string of the molecule is CC(F)[C@@H]1CCCN(C(C)C)C1. The summed E-state index contributed by atoms with van der Waals surface area (Å²) in [7, 11) is 0. The lowest BCUT2D eigenvalue weighted by Gasteiger charge is -2.35. The van der Waals surface area contributed by atoms with Crippen LogP contribution in [0.15, 0.2) is 0 Å². The molecule has 1 aliphatic heterocycles. The summed E-state index contributed by atoms with van der Waals surface area (Å²) in [5, 5.41) is 0. The first-order valence-corrected chi connectivity index (χ1v) is 4.99. The highest BCUT2D eigenvalue weighted by Crippen LogP contribution is 2.22. The number of rotatable bonds is 2. The summed E-state index contributed by atoms with van der Waals surface area (Å²) < 4.78 is 13.0. The van der Waals surface area contributed by atoms with Gasteiger partial charge in [-0.3, -0.25) is 0 Å². The smallest absolute Gasteiger partial charge is 0.101 e. The minimum Gasteiger partial charge on any atom is -0.301 e. The van der Waals surface area contributed by atoms with E-state index in [0.717, 1.165) is 25.9 Å². The van der Waals surface area contributed by atoms with E-state index >= 15 is 0 Å². The fourth-order valence-electron chi connectivity index (χ4n) is 1.88. The van der Waals surface area contributed by atoms with Crippen molar-refractivity contribution in [2.24, 2.45) is 5.92 Å². The Kier molecular flexibility index (Phi) is 3.51. The number of nitrogens with zero attached hydrogens (tertiary/aromatic N) is 1. The van der Waals surface area contributed by atoms with Crippen molar-refractivity contribution in [1.82, 2.24) is 4.90 Å². The molecule has 0 aromatic heterocycles. The van der Waals surface area contributed by atoms with Crippen LogP contribution in [0, 0.1) is 5.92 Å². The maximum absolute atomic E-state index is 13.0. The van der Waals surface area contributed by atoms with Crippen LogP contribution in [0.1, 0.15) is 33.6 Å². The molecule has 1 rings (SSSR count). The van der Waals surface area contributed by atoms with Crippen LogP contribution in [0.4, 0.5) is 4.39 Å². The molecule has 1 nitrogen and oxygen atoms in total. The number of likely N-dealkylation sites (tertiary alicyclic amines) is 1. The quantitative estimate of drug-likeness (QED) is 0.620. The van der Waals surface area contributed by atoms with E-state index < -0.39 is 6.17 Å². The third kappa shape index (κ3) is 2.44. The zero-order chi connectivity index (χ0) is 9.14. The van der Waals surface area contributed by atoms with Crippen LogP contribution in [-0.4, -0.2) is 30.2 Å². The topological polar surface area (TPSA) is 3.24 Å². The van der Waals surface area contributed by atoms with Gasteiger partial charge in [-0.1, -0.05) is 0 Å². The number of alkyl halides is 1. The lowest BCUT2D eigenvalue weighted by molar-refractivity contribution is 0.0949. The van der Waals surface area contributed by atoms with Gasteiger partial charge in [-0.25, -0.2) is 4.39 Å². The second kappa shape index (κ2) is 4.22. The third-order valence-corrected chi connectivity index (χ3v) is 2.87. The van der Waals surface area contributed by atoms with E-state index in [-0.39, 0.29) is 5.92 Å². The Labute approximate surface area is 74.9 Å². The summed E-state index contributed by atoms with van der Waals surface area (Å²) in [6, 6.07) is 0.576. The highest BCUT2D eigenvalue weighted by Gasteiger charge is 2.25. The van der Waals surface area contributed by atoms with Crippen molar-refractivity contribution in [2.75, 3.05) is 13.1 Å². The fraction of sp³-hybridized carbons (Fsp3) is 1.00. The van der Waals surface area contributed by atoms with Gasteiger partial charge in [0.05, 0.1) is 0 Å². The minimum atomic E-state index is -0.633. The summed E-state index contributed by atoms with van der Waals surface area (Å²) in [5.41, 5.74) is 0. The average Bonchev–Trinajstić information content (AvgIpc) is 2.04. The first-order valence-electron chi connectivity index (χ1n) is 4.99. The molecule has 0 radical (unpaired) electrons. The summed E-state index contributed by atoms with van der Waals surface area (Å²) in [4.78, 5) is 2.38. The first kappa shape index (κ1) is 9.97. The van der Waals surface area contributed by atoms with Gasteiger partial charge in [-0.15, -0.1) is 0 Å². The molecule has 0 spiro atoms. The van der Waals surface area contributed by atoms with Gasteiger partial charge in [0.1, 0.15) is 6.17 Å². The summed E-state index contributed by atoms with van der Waals surface area (Å²) in [5.74, 6) is 0.279. The standard InChI is InChI=1S/C10H20FN/c1-8(2)12-6-4-5-10(7-12)9(3)11/h8-10H,4-7H2,1-3H3/t9?,10-/m1/s1. The van der Waals surface area contributed by atoms with E-state index in [4.69, 9.17) is 0 Å². The molecule has 1 aliphatic rings. The van der Waals surface area contributed by atoms with Gasteiger partial charge < -0.3 is 4.90 Å². The van der Waals surface area contributed by atoms with Gasteiger partial charge in [0, 0.05) is 18.5 Å². The van der Waals surface area contributed by atoms with E-state index in [9.17, 15) is 4.39 Å². The Morgan fingerprint density at radius 1 is 1.33 bits per heavy atom. The maximum atomic E-state index is 13.0. The minimum absolute atomic E-state index is 0.279. The van der Waals surface area contributed by atoms with E-state index in [2.05, 4.69) is 18.7 Å². The second-order valence-corrected chi connectivity index (χ2v) is 4.17. The van der Waals surface area contributed by atoms with Crippen LogP contribution in [-0.2, 0) is 0 Å². The molecular formula is C10H20FN. The van der Waals surface area contributed by atoms with Crippen LogP contribution in [0.2, 0.25) is 0 Å². The Morgan fingerprint density at radius 2 is 2.00 bits per heavy atom. The number of halogens is 1. The molecule has 12 heavy (non-hydrogen) atoms. The molecule has 1 unspecified atom stereocenters. The molecule has 0 aromatic rings. The van der Waals surface area contributed by atoms with Crippen molar-refractivity contribution >= 4 is 0 Å². The number of piperidine rings is 1. The molecule has 2 heteroatoms. The average molecular weight is 173 g/mol. The van der Waals surface area contributed by atoms with Crippen LogP contribution < -0.4 is 0 Å². The Morgan fingerprint density at radius 3 is 2.50 bits per heavy atom. The highest BCUT2D eigenvalue weighted by molar-refractivity contribution is 4.78. The molecule has 1 saturated heterocycles. The number of hydrogen-bond donors (Lipinski definition) is 0.